The molecule has 0 spiro atoms. The fourth-order valence-corrected chi connectivity index (χ4v) is 1.26. The Bertz CT molecular complexity index is 512. The van der Waals surface area contributed by atoms with Crippen LogP contribution in [0, 0.1) is 3.70 Å². The van der Waals surface area contributed by atoms with Gasteiger partial charge in [-0.05, 0) is 40.8 Å². The second-order valence-electron chi connectivity index (χ2n) is 3.10. The van der Waals surface area contributed by atoms with Crippen molar-refractivity contribution in [2.24, 2.45) is 11.5 Å². The first kappa shape index (κ1) is 14.1. The van der Waals surface area contributed by atoms with Crippen LogP contribution in [0.1, 0.15) is 20.7 Å². The SMILES string of the molecule is Ic1cn[nH]n1.NC(=O)c1cccc(C(N)=O)c1. The molecule has 0 bridgehead atoms. The molecule has 0 aliphatic heterocycles. The van der Waals surface area contributed by atoms with Gasteiger partial charge in [-0.3, -0.25) is 9.59 Å². The van der Waals surface area contributed by atoms with Crippen LogP contribution in [0.3, 0.4) is 0 Å². The monoisotopic (exact) mass is 359 g/mol. The fraction of sp³-hybridized carbons (Fsp3) is 0. The Hall–Kier alpha value is -1.97. The number of hydrogen-bond donors (Lipinski definition) is 3. The maximum absolute atomic E-state index is 10.6. The minimum absolute atomic E-state index is 0.284. The maximum atomic E-state index is 10.6. The van der Waals surface area contributed by atoms with Gasteiger partial charge in [0.15, 0.2) is 0 Å². The number of nitrogens with one attached hydrogen (secondary N) is 1. The number of nitrogens with two attached hydrogens (primary N) is 2. The zero-order valence-corrected chi connectivity index (χ0v) is 11.3. The Balaban J connectivity index is 0.000000225. The number of primary amides is 2. The summed E-state index contributed by atoms with van der Waals surface area (Å²) in [6, 6.07) is 5.97. The van der Waals surface area contributed by atoms with Crippen molar-refractivity contribution in [3.05, 3.63) is 45.3 Å². The number of carbonyl (C=O) groups is 2. The minimum Gasteiger partial charge on any atom is -0.366 e. The molecule has 94 valence electrons. The number of benzene rings is 1. The Labute approximate surface area is 116 Å². The number of hydrogen-bond acceptors (Lipinski definition) is 4. The van der Waals surface area contributed by atoms with Crippen LogP contribution in [0.2, 0.25) is 0 Å². The lowest BCUT2D eigenvalue weighted by molar-refractivity contribution is 0.0999. The Morgan fingerprint density at radius 1 is 1.17 bits per heavy atom. The van der Waals surface area contributed by atoms with E-state index < -0.39 is 11.8 Å². The topological polar surface area (TPSA) is 128 Å². The van der Waals surface area contributed by atoms with Gasteiger partial charge in [-0.1, -0.05) is 6.07 Å². The van der Waals surface area contributed by atoms with Crippen LogP contribution in [0.15, 0.2) is 30.5 Å². The van der Waals surface area contributed by atoms with Crippen LogP contribution in [-0.2, 0) is 0 Å². The lowest BCUT2D eigenvalue weighted by Gasteiger charge is -1.97. The number of aromatic nitrogens is 3. The van der Waals surface area contributed by atoms with Gasteiger partial charge in [-0.15, -0.1) is 0 Å². The summed E-state index contributed by atoms with van der Waals surface area (Å²) in [5.41, 5.74) is 10.6. The lowest BCUT2D eigenvalue weighted by Crippen LogP contribution is -2.14. The van der Waals surface area contributed by atoms with Crippen LogP contribution >= 0.6 is 22.6 Å². The Morgan fingerprint density at radius 3 is 2.00 bits per heavy atom. The van der Waals surface area contributed by atoms with Crippen LogP contribution in [0.25, 0.3) is 0 Å². The van der Waals surface area contributed by atoms with E-state index in [4.69, 9.17) is 11.5 Å². The highest BCUT2D eigenvalue weighted by molar-refractivity contribution is 14.1. The van der Waals surface area contributed by atoms with Crippen molar-refractivity contribution in [2.45, 2.75) is 0 Å². The molecule has 1 aromatic heterocycles. The molecule has 1 heterocycles. The fourth-order valence-electron chi connectivity index (χ4n) is 1.01. The molecule has 0 radical (unpaired) electrons. The van der Waals surface area contributed by atoms with Gasteiger partial charge in [0.2, 0.25) is 11.8 Å². The van der Waals surface area contributed by atoms with E-state index >= 15 is 0 Å². The summed E-state index contributed by atoms with van der Waals surface area (Å²) in [5.74, 6) is -1.14. The van der Waals surface area contributed by atoms with Gasteiger partial charge in [-0.25, -0.2) is 0 Å². The summed E-state index contributed by atoms with van der Waals surface area (Å²) in [6.07, 6.45) is 1.65. The molecule has 0 aliphatic carbocycles. The standard InChI is InChI=1S/C8H8N2O2.C2H2IN3/c9-7(11)5-2-1-3-6(4-5)8(10)12;3-2-1-4-6-5-2/h1-4H,(H2,9,11)(H2,10,12);1H,(H,4,5,6). The smallest absolute Gasteiger partial charge is 0.248 e. The summed E-state index contributed by atoms with van der Waals surface area (Å²) in [4.78, 5) is 21.3. The first-order valence-electron chi connectivity index (χ1n) is 4.71. The number of H-pyrrole nitrogens is 1. The normalized spacial score (nSPS) is 9.17. The predicted octanol–water partition coefficient (Wildman–Crippen LogP) is 0.294. The minimum atomic E-state index is -0.571. The summed E-state index contributed by atoms with van der Waals surface area (Å²) >= 11 is 2.07. The summed E-state index contributed by atoms with van der Waals surface area (Å²) in [5, 5.41) is 9.67. The highest BCUT2D eigenvalue weighted by atomic mass is 127. The van der Waals surface area contributed by atoms with E-state index in [1.807, 2.05) is 0 Å². The molecule has 2 rings (SSSR count). The van der Waals surface area contributed by atoms with Crippen molar-refractivity contribution in [3.8, 4) is 0 Å². The summed E-state index contributed by atoms with van der Waals surface area (Å²) in [7, 11) is 0. The molecule has 0 saturated heterocycles. The first-order chi connectivity index (χ1) is 8.50. The van der Waals surface area contributed by atoms with E-state index in [2.05, 4.69) is 38.0 Å². The Kier molecular flexibility index (Phi) is 5.24. The number of aromatic amines is 1. The quantitative estimate of drug-likeness (QED) is 0.666. The third-order valence-corrected chi connectivity index (χ3v) is 2.34. The molecule has 0 saturated carbocycles. The van der Waals surface area contributed by atoms with Gasteiger partial charge in [0, 0.05) is 11.1 Å². The molecule has 8 heteroatoms. The van der Waals surface area contributed by atoms with Gasteiger partial charge in [0.05, 0.1) is 6.20 Å². The average molecular weight is 359 g/mol. The zero-order chi connectivity index (χ0) is 13.5. The molecule has 5 N–H and O–H groups in total. The molecule has 0 aliphatic rings. The van der Waals surface area contributed by atoms with Gasteiger partial charge in [0.25, 0.3) is 0 Å². The molecule has 18 heavy (non-hydrogen) atoms. The number of rotatable bonds is 2. The van der Waals surface area contributed by atoms with Gasteiger partial charge < -0.3 is 11.5 Å². The van der Waals surface area contributed by atoms with E-state index in [1.54, 1.807) is 12.3 Å². The number of nitrogens with zero attached hydrogens (tertiary/aromatic N) is 2. The van der Waals surface area contributed by atoms with Crippen molar-refractivity contribution in [1.82, 2.24) is 15.4 Å². The Morgan fingerprint density at radius 2 is 1.72 bits per heavy atom. The van der Waals surface area contributed by atoms with Crippen molar-refractivity contribution in [2.75, 3.05) is 0 Å². The largest absolute Gasteiger partial charge is 0.366 e. The highest BCUT2D eigenvalue weighted by Gasteiger charge is 2.03. The third-order valence-electron chi connectivity index (χ3n) is 1.82. The predicted molar refractivity (Wildman–Crippen MR) is 72.6 cm³/mol. The zero-order valence-electron chi connectivity index (χ0n) is 9.13. The highest BCUT2D eigenvalue weighted by Crippen LogP contribution is 2.03. The van der Waals surface area contributed by atoms with Crippen molar-refractivity contribution in [3.63, 3.8) is 0 Å². The van der Waals surface area contributed by atoms with Gasteiger partial charge in [0.1, 0.15) is 3.70 Å². The molecule has 1 aromatic carbocycles. The van der Waals surface area contributed by atoms with E-state index in [1.165, 1.54) is 18.2 Å². The molecule has 2 aromatic rings. The van der Waals surface area contributed by atoms with Crippen molar-refractivity contribution < 1.29 is 9.59 Å². The van der Waals surface area contributed by atoms with Crippen LogP contribution in [0.5, 0.6) is 0 Å². The summed E-state index contributed by atoms with van der Waals surface area (Å²) < 4.78 is 0.896. The molecule has 0 fully saturated rings. The van der Waals surface area contributed by atoms with E-state index in [9.17, 15) is 9.59 Å². The molecule has 7 nitrogen and oxygen atoms in total. The van der Waals surface area contributed by atoms with Crippen LogP contribution in [0.4, 0.5) is 0 Å². The maximum Gasteiger partial charge on any atom is 0.248 e. The second-order valence-corrected chi connectivity index (χ2v) is 4.21. The van der Waals surface area contributed by atoms with Gasteiger partial charge in [-0.2, -0.15) is 15.4 Å². The number of carbonyl (C=O) groups excluding carboxylic acids is 2. The number of halogens is 1. The second kappa shape index (κ2) is 6.69. The molecule has 0 atom stereocenters. The van der Waals surface area contributed by atoms with Crippen LogP contribution in [-0.4, -0.2) is 27.2 Å². The van der Waals surface area contributed by atoms with Gasteiger partial charge >= 0.3 is 0 Å². The molecular weight excluding hydrogens is 349 g/mol. The number of amides is 2. The lowest BCUT2D eigenvalue weighted by atomic mass is 10.1. The van der Waals surface area contributed by atoms with Crippen LogP contribution < -0.4 is 11.5 Å². The summed E-state index contributed by atoms with van der Waals surface area (Å²) in [6.45, 7) is 0. The third kappa shape index (κ3) is 4.49. The van der Waals surface area contributed by atoms with E-state index in [-0.39, 0.29) is 11.1 Å². The molecule has 0 unspecified atom stereocenters. The van der Waals surface area contributed by atoms with E-state index in [0.717, 1.165) is 3.70 Å². The average Bonchev–Trinajstić information content (AvgIpc) is 2.81. The van der Waals surface area contributed by atoms with Crippen molar-refractivity contribution in [1.29, 1.82) is 0 Å². The van der Waals surface area contributed by atoms with Crippen molar-refractivity contribution >= 4 is 34.4 Å². The van der Waals surface area contributed by atoms with E-state index in [0.29, 0.717) is 0 Å². The molecule has 2 amide bonds. The molecular formula is C10H10IN5O2. The first-order valence-corrected chi connectivity index (χ1v) is 5.79.